The number of rotatable bonds is 1. The van der Waals surface area contributed by atoms with Gasteiger partial charge in [-0.1, -0.05) is 14.0 Å². The van der Waals surface area contributed by atoms with Crippen LogP contribution in [0.25, 0.3) is 22.2 Å². The van der Waals surface area contributed by atoms with E-state index in [2.05, 4.69) is 25.6 Å². The molecule has 1 aliphatic carbocycles. The summed E-state index contributed by atoms with van der Waals surface area (Å²) in [5.74, 6) is 0.0273. The summed E-state index contributed by atoms with van der Waals surface area (Å²) in [7, 11) is 0.964. The summed E-state index contributed by atoms with van der Waals surface area (Å²) in [6, 6.07) is 3.76. The minimum Gasteiger partial charge on any atom is -0.378 e. The van der Waals surface area contributed by atoms with Crippen LogP contribution < -0.4 is 15.9 Å². The van der Waals surface area contributed by atoms with Crippen molar-refractivity contribution in [3.63, 3.8) is 0 Å². The Morgan fingerprint density at radius 1 is 1.13 bits per heavy atom. The molecule has 1 unspecified atom stereocenters. The van der Waals surface area contributed by atoms with Gasteiger partial charge in [0.15, 0.2) is 0 Å². The van der Waals surface area contributed by atoms with Gasteiger partial charge in [-0.3, -0.25) is 4.79 Å². The van der Waals surface area contributed by atoms with E-state index in [0.29, 0.717) is 48.3 Å². The maximum atomic E-state index is 14.1. The van der Waals surface area contributed by atoms with Crippen LogP contribution >= 0.6 is 7.92 Å². The number of nitrogens with one attached hydrogen (secondary N) is 3. The van der Waals surface area contributed by atoms with E-state index < -0.39 is 19.7 Å². The normalized spacial score (nSPS) is 21.4. The van der Waals surface area contributed by atoms with Crippen molar-refractivity contribution >= 4 is 36.0 Å². The standard InChI is InChI=1S/C26H32F3N6O2P/c1-35-9-11-37-10-8-30-15-4-5-16(12-15)33-25-32-14-20(26(27,28)29)21(34-25)19-13-31-22-17(19)6-7-18(24(35)36)23(22)38(2)3/h6-7,13-16,30-31H,4-5,8-12H2,1-3H3,(H,32,33,34)/t15-,16?/m0/s1. The molecule has 0 saturated heterocycles. The molecule has 204 valence electrons. The first-order valence-corrected chi connectivity index (χ1v) is 15.0. The van der Waals surface area contributed by atoms with Gasteiger partial charge in [-0.05, 0) is 38.7 Å². The van der Waals surface area contributed by atoms with E-state index in [1.165, 1.54) is 0 Å². The Hall–Kier alpha value is -2.75. The van der Waals surface area contributed by atoms with Crippen molar-refractivity contribution in [3.8, 4) is 11.3 Å². The molecule has 8 bridgehead atoms. The van der Waals surface area contributed by atoms with Gasteiger partial charge in [0, 0.05) is 66.4 Å². The van der Waals surface area contributed by atoms with Crippen LogP contribution in [0.15, 0.2) is 24.5 Å². The molecule has 1 amide bonds. The maximum Gasteiger partial charge on any atom is 0.419 e. The van der Waals surface area contributed by atoms with Crippen LogP contribution in [0.5, 0.6) is 0 Å². The Balaban J connectivity index is 1.64. The molecule has 38 heavy (non-hydrogen) atoms. The quantitative estimate of drug-likeness (QED) is 0.314. The van der Waals surface area contributed by atoms with Gasteiger partial charge >= 0.3 is 6.18 Å². The van der Waals surface area contributed by atoms with Crippen LogP contribution in [-0.2, 0) is 10.9 Å². The highest BCUT2D eigenvalue weighted by Gasteiger charge is 2.37. The number of carbonyl (C=O) groups is 1. The number of ether oxygens (including phenoxy) is 1. The average molecular weight is 549 g/mol. The molecule has 1 saturated carbocycles. The minimum atomic E-state index is -4.63. The lowest BCUT2D eigenvalue weighted by atomic mass is 10.0. The van der Waals surface area contributed by atoms with Crippen LogP contribution in [0, 0.1) is 0 Å². The summed E-state index contributed by atoms with van der Waals surface area (Å²) in [6.45, 7) is 6.12. The van der Waals surface area contributed by atoms with E-state index in [0.717, 1.165) is 30.8 Å². The molecule has 1 aromatic carbocycles. The lowest BCUT2D eigenvalue weighted by molar-refractivity contribution is -0.137. The third-order valence-electron chi connectivity index (χ3n) is 7.22. The molecule has 12 heteroatoms. The SMILES string of the molecule is CN1CCOCCN[C@H]2CCC(C2)Nc2ncc(C(F)(F)F)c(n2)-c2c[nH]c3c(P(C)C)c(ccc23)C1=O. The van der Waals surface area contributed by atoms with E-state index >= 15 is 0 Å². The number of likely N-dealkylation sites (N-methyl/N-ethyl adjacent to an activating group) is 1. The summed E-state index contributed by atoms with van der Waals surface area (Å²) < 4.78 is 48.0. The van der Waals surface area contributed by atoms with E-state index in [1.807, 2.05) is 13.3 Å². The Morgan fingerprint density at radius 3 is 2.68 bits per heavy atom. The van der Waals surface area contributed by atoms with Gasteiger partial charge in [0.2, 0.25) is 5.95 Å². The molecule has 3 aromatic rings. The van der Waals surface area contributed by atoms with Crippen molar-refractivity contribution in [1.29, 1.82) is 0 Å². The van der Waals surface area contributed by atoms with Crippen LogP contribution in [0.4, 0.5) is 19.1 Å². The van der Waals surface area contributed by atoms with Gasteiger partial charge in [-0.15, -0.1) is 0 Å². The third-order valence-corrected chi connectivity index (χ3v) is 8.58. The van der Waals surface area contributed by atoms with Crippen LogP contribution in [0.3, 0.4) is 0 Å². The predicted octanol–water partition coefficient (Wildman–Crippen LogP) is 4.04. The van der Waals surface area contributed by atoms with Crippen molar-refractivity contribution in [2.24, 2.45) is 0 Å². The third kappa shape index (κ3) is 5.37. The summed E-state index contributed by atoms with van der Waals surface area (Å²) in [5.41, 5.74) is 0.454. The smallest absolute Gasteiger partial charge is 0.378 e. The van der Waals surface area contributed by atoms with E-state index in [-0.39, 0.29) is 29.6 Å². The number of aromatic nitrogens is 3. The molecule has 1 fully saturated rings. The number of fused-ring (bicyclic) bond motifs is 8. The summed E-state index contributed by atoms with van der Waals surface area (Å²) in [4.78, 5) is 26.6. The van der Waals surface area contributed by atoms with Crippen molar-refractivity contribution < 1.29 is 22.7 Å². The highest BCUT2D eigenvalue weighted by Crippen LogP contribution is 2.40. The highest BCUT2D eigenvalue weighted by atomic mass is 31.1. The number of aromatic amines is 1. The molecule has 2 atom stereocenters. The maximum absolute atomic E-state index is 14.1. The van der Waals surface area contributed by atoms with Gasteiger partial charge in [0.05, 0.1) is 24.4 Å². The molecule has 8 nitrogen and oxygen atoms in total. The molecule has 0 spiro atoms. The molecule has 3 aliphatic rings. The fourth-order valence-corrected chi connectivity index (χ4v) is 6.59. The molecule has 2 aliphatic heterocycles. The number of halogens is 3. The highest BCUT2D eigenvalue weighted by molar-refractivity contribution is 7.64. The van der Waals surface area contributed by atoms with Gasteiger partial charge < -0.3 is 25.3 Å². The van der Waals surface area contributed by atoms with Crippen molar-refractivity contribution in [2.75, 3.05) is 52.0 Å². The number of anilines is 1. The lowest BCUT2D eigenvalue weighted by Gasteiger charge is -2.21. The van der Waals surface area contributed by atoms with E-state index in [4.69, 9.17) is 4.74 Å². The van der Waals surface area contributed by atoms with Gasteiger partial charge in [0.25, 0.3) is 5.91 Å². The Labute approximate surface area is 220 Å². The fourth-order valence-electron chi connectivity index (χ4n) is 5.31. The van der Waals surface area contributed by atoms with Crippen molar-refractivity contribution in [1.82, 2.24) is 25.2 Å². The summed E-state index contributed by atoms with van der Waals surface area (Å²) in [6.07, 6.45) is 0.398. The van der Waals surface area contributed by atoms with Crippen LogP contribution in [0.2, 0.25) is 0 Å². The molecule has 4 heterocycles. The first kappa shape index (κ1) is 26.8. The van der Waals surface area contributed by atoms with Gasteiger partial charge in [-0.25, -0.2) is 9.97 Å². The van der Waals surface area contributed by atoms with Gasteiger partial charge in [0.1, 0.15) is 5.56 Å². The second kappa shape index (κ2) is 10.8. The van der Waals surface area contributed by atoms with Crippen LogP contribution in [-0.4, -0.2) is 84.5 Å². The molecule has 6 rings (SSSR count). The van der Waals surface area contributed by atoms with Crippen LogP contribution in [0.1, 0.15) is 35.2 Å². The van der Waals surface area contributed by atoms with Crippen molar-refractivity contribution in [3.05, 3.63) is 35.7 Å². The number of hydrogen-bond donors (Lipinski definition) is 3. The number of H-pyrrole nitrogens is 1. The van der Waals surface area contributed by atoms with E-state index in [9.17, 15) is 18.0 Å². The predicted molar refractivity (Wildman–Crippen MR) is 144 cm³/mol. The average Bonchev–Trinajstić information content (AvgIpc) is 3.50. The fraction of sp³-hybridized carbons (Fsp3) is 0.500. The topological polar surface area (TPSA) is 95.2 Å². The second-order valence-electron chi connectivity index (χ2n) is 10.1. The minimum absolute atomic E-state index is 0.0594. The molecule has 0 radical (unpaired) electrons. The number of alkyl halides is 3. The first-order valence-electron chi connectivity index (χ1n) is 12.7. The molecular formula is C26H32F3N6O2P. The van der Waals surface area contributed by atoms with E-state index in [1.54, 1.807) is 30.3 Å². The number of hydrogen-bond acceptors (Lipinski definition) is 6. The molecule has 2 aromatic heterocycles. The number of amides is 1. The monoisotopic (exact) mass is 548 g/mol. The summed E-state index contributed by atoms with van der Waals surface area (Å²) >= 11 is 0. The molecule has 3 N–H and O–H groups in total. The van der Waals surface area contributed by atoms with Crippen molar-refractivity contribution in [2.45, 2.75) is 37.5 Å². The second-order valence-corrected chi connectivity index (χ2v) is 12.3. The summed E-state index contributed by atoms with van der Waals surface area (Å²) in [5, 5.41) is 8.14. The zero-order chi connectivity index (χ0) is 27.0. The zero-order valence-corrected chi connectivity index (χ0v) is 22.5. The number of carbonyl (C=O) groups excluding carboxylic acids is 1. The number of nitrogens with zero attached hydrogens (tertiary/aromatic N) is 3. The first-order chi connectivity index (χ1) is 18.1. The van der Waals surface area contributed by atoms with Gasteiger partial charge in [-0.2, -0.15) is 13.2 Å². The molecular weight excluding hydrogens is 516 g/mol. The largest absolute Gasteiger partial charge is 0.419 e. The Bertz CT molecular complexity index is 1330. The zero-order valence-electron chi connectivity index (χ0n) is 21.7. The Morgan fingerprint density at radius 2 is 1.92 bits per heavy atom. The number of benzene rings is 1. The lowest BCUT2D eigenvalue weighted by Crippen LogP contribution is -2.34. The Kier molecular flexibility index (Phi) is 7.62.